The Hall–Kier alpha value is -3.35. The van der Waals surface area contributed by atoms with Crippen molar-refractivity contribution in [2.75, 3.05) is 12.0 Å². The van der Waals surface area contributed by atoms with Gasteiger partial charge in [0.05, 0.1) is 12.8 Å². The van der Waals surface area contributed by atoms with E-state index in [1.54, 1.807) is 24.2 Å². The summed E-state index contributed by atoms with van der Waals surface area (Å²) < 4.78 is 11.5. The van der Waals surface area contributed by atoms with Crippen molar-refractivity contribution >= 4 is 46.6 Å². The van der Waals surface area contributed by atoms with Crippen LogP contribution in [0.15, 0.2) is 66.4 Å². The van der Waals surface area contributed by atoms with Gasteiger partial charge in [0, 0.05) is 10.6 Å². The highest BCUT2D eigenvalue weighted by Gasteiger charge is 2.33. The molecule has 0 spiro atoms. The number of hydrogen-bond donors (Lipinski definition) is 1. The van der Waals surface area contributed by atoms with E-state index in [0.717, 1.165) is 40.1 Å². The van der Waals surface area contributed by atoms with Crippen LogP contribution in [0.4, 0.5) is 5.69 Å². The van der Waals surface area contributed by atoms with Crippen molar-refractivity contribution in [2.24, 2.45) is 0 Å². The van der Waals surface area contributed by atoms with E-state index in [2.05, 4.69) is 12.2 Å². The fraction of sp³-hybridized carbons (Fsp3) is 0.185. The summed E-state index contributed by atoms with van der Waals surface area (Å²) in [5.74, 6) is 1.27. The number of hydrogen-bond acceptors (Lipinski definition) is 4. The van der Waals surface area contributed by atoms with Gasteiger partial charge in [-0.15, -0.1) is 0 Å². The molecule has 0 aliphatic carbocycles. The van der Waals surface area contributed by atoms with Gasteiger partial charge in [-0.3, -0.25) is 9.69 Å². The zero-order chi connectivity index (χ0) is 24.2. The lowest BCUT2D eigenvalue weighted by atomic mass is 10.1. The molecule has 34 heavy (non-hydrogen) atoms. The molecular weight excluding hydrogens is 468 g/mol. The number of methoxy groups -OCH3 is 1. The molecule has 4 rings (SSSR count). The number of ether oxygens (including phenoxy) is 2. The fourth-order valence-electron chi connectivity index (χ4n) is 3.88. The molecule has 1 saturated heterocycles. The highest BCUT2D eigenvalue weighted by Crippen LogP contribution is 2.29. The van der Waals surface area contributed by atoms with Gasteiger partial charge in [0.25, 0.3) is 5.91 Å². The molecule has 1 heterocycles. The number of anilines is 1. The average Bonchev–Trinajstić information content (AvgIpc) is 3.11. The zero-order valence-electron chi connectivity index (χ0n) is 19.2. The van der Waals surface area contributed by atoms with Gasteiger partial charge in [0.1, 0.15) is 23.8 Å². The first-order valence-corrected chi connectivity index (χ1v) is 11.7. The summed E-state index contributed by atoms with van der Waals surface area (Å²) in [6.45, 7) is 4.31. The predicted molar refractivity (Wildman–Crippen MR) is 141 cm³/mol. The van der Waals surface area contributed by atoms with Gasteiger partial charge in [-0.25, -0.2) is 0 Å². The lowest BCUT2D eigenvalue weighted by molar-refractivity contribution is -0.113. The largest absolute Gasteiger partial charge is 0.496 e. The Balaban J connectivity index is 1.59. The van der Waals surface area contributed by atoms with E-state index in [9.17, 15) is 4.79 Å². The van der Waals surface area contributed by atoms with Crippen LogP contribution >= 0.6 is 23.8 Å². The van der Waals surface area contributed by atoms with E-state index in [-0.39, 0.29) is 5.91 Å². The van der Waals surface area contributed by atoms with E-state index < -0.39 is 0 Å². The summed E-state index contributed by atoms with van der Waals surface area (Å²) in [4.78, 5) is 14.8. The van der Waals surface area contributed by atoms with Gasteiger partial charge in [-0.1, -0.05) is 42.8 Å². The summed E-state index contributed by atoms with van der Waals surface area (Å²) in [6.07, 6.45) is 2.59. The first-order chi connectivity index (χ1) is 16.4. The second-order valence-corrected chi connectivity index (χ2v) is 8.70. The number of rotatable bonds is 7. The third-order valence-corrected chi connectivity index (χ3v) is 6.15. The standard InChI is InChI=1S/C27H25ClN2O3S/c1-4-19-7-5-6-8-23(19)30-26(31)22(29-27(30)34)15-18-9-11-25(32-3)20(14-18)16-33-24-12-10-21(28)13-17(24)2/h5-15H,4,16H2,1-3H3,(H,29,34)/b22-15+. The molecule has 1 N–H and O–H groups in total. The van der Waals surface area contributed by atoms with Crippen molar-refractivity contribution in [2.45, 2.75) is 26.9 Å². The molecule has 1 aliphatic heterocycles. The maximum atomic E-state index is 13.2. The summed E-state index contributed by atoms with van der Waals surface area (Å²) >= 11 is 11.5. The zero-order valence-corrected chi connectivity index (χ0v) is 20.8. The monoisotopic (exact) mass is 492 g/mol. The topological polar surface area (TPSA) is 50.8 Å². The molecule has 7 heteroatoms. The molecule has 5 nitrogen and oxygen atoms in total. The number of nitrogens with zero attached hydrogens (tertiary/aromatic N) is 1. The number of para-hydroxylation sites is 1. The van der Waals surface area contributed by atoms with Crippen LogP contribution in [0.5, 0.6) is 11.5 Å². The minimum Gasteiger partial charge on any atom is -0.496 e. The van der Waals surface area contributed by atoms with E-state index in [1.807, 2.05) is 61.5 Å². The van der Waals surface area contributed by atoms with Gasteiger partial charge in [0.15, 0.2) is 5.11 Å². The van der Waals surface area contributed by atoms with Crippen molar-refractivity contribution in [1.29, 1.82) is 0 Å². The van der Waals surface area contributed by atoms with Crippen LogP contribution in [-0.2, 0) is 17.8 Å². The second kappa shape index (κ2) is 10.3. The van der Waals surface area contributed by atoms with Crippen LogP contribution in [0, 0.1) is 6.92 Å². The number of halogens is 1. The molecule has 1 amide bonds. The van der Waals surface area contributed by atoms with Crippen LogP contribution in [-0.4, -0.2) is 18.1 Å². The smallest absolute Gasteiger partial charge is 0.281 e. The Morgan fingerprint density at radius 3 is 2.56 bits per heavy atom. The molecule has 0 unspecified atom stereocenters. The molecule has 0 atom stereocenters. The first kappa shape index (κ1) is 23.8. The van der Waals surface area contributed by atoms with Gasteiger partial charge in [0.2, 0.25) is 0 Å². The normalized spacial score (nSPS) is 14.5. The van der Waals surface area contributed by atoms with E-state index in [4.69, 9.17) is 33.3 Å². The third-order valence-electron chi connectivity index (χ3n) is 5.63. The predicted octanol–water partition coefficient (Wildman–Crippen LogP) is 6.06. The molecule has 3 aromatic rings. The molecule has 1 fully saturated rings. The van der Waals surface area contributed by atoms with Crippen LogP contribution in [0.2, 0.25) is 5.02 Å². The van der Waals surface area contributed by atoms with Crippen LogP contribution in [0.25, 0.3) is 6.08 Å². The van der Waals surface area contributed by atoms with Gasteiger partial charge < -0.3 is 14.8 Å². The molecule has 0 radical (unpaired) electrons. The fourth-order valence-corrected chi connectivity index (χ4v) is 4.40. The maximum Gasteiger partial charge on any atom is 0.281 e. The molecule has 0 aromatic heterocycles. The molecule has 174 valence electrons. The van der Waals surface area contributed by atoms with Crippen LogP contribution in [0.3, 0.4) is 0 Å². The SMILES string of the molecule is CCc1ccccc1N1C(=O)/C(=C\c2ccc(OC)c(COc3ccc(Cl)cc3C)c2)NC1=S. The lowest BCUT2D eigenvalue weighted by Gasteiger charge is -2.17. The summed E-state index contributed by atoms with van der Waals surface area (Å²) in [6, 6.07) is 19.0. The van der Waals surface area contributed by atoms with Crippen LogP contribution in [0.1, 0.15) is 29.2 Å². The second-order valence-electron chi connectivity index (χ2n) is 7.88. The minimum absolute atomic E-state index is 0.184. The summed E-state index contributed by atoms with van der Waals surface area (Å²) in [5, 5.41) is 4.10. The van der Waals surface area contributed by atoms with Crippen molar-refractivity contribution in [1.82, 2.24) is 5.32 Å². The van der Waals surface area contributed by atoms with E-state index >= 15 is 0 Å². The Morgan fingerprint density at radius 2 is 1.82 bits per heavy atom. The number of amides is 1. The van der Waals surface area contributed by atoms with E-state index in [0.29, 0.717) is 28.2 Å². The highest BCUT2D eigenvalue weighted by atomic mass is 35.5. The Kier molecular flexibility index (Phi) is 7.20. The lowest BCUT2D eigenvalue weighted by Crippen LogP contribution is -2.31. The molecule has 3 aromatic carbocycles. The highest BCUT2D eigenvalue weighted by molar-refractivity contribution is 7.80. The maximum absolute atomic E-state index is 13.2. The Bertz CT molecular complexity index is 1290. The van der Waals surface area contributed by atoms with Crippen molar-refractivity contribution in [3.63, 3.8) is 0 Å². The summed E-state index contributed by atoms with van der Waals surface area (Å²) in [7, 11) is 1.62. The quantitative estimate of drug-likeness (QED) is 0.321. The molecule has 1 aliphatic rings. The Morgan fingerprint density at radius 1 is 1.06 bits per heavy atom. The van der Waals surface area contributed by atoms with Crippen LogP contribution < -0.4 is 19.7 Å². The average molecular weight is 493 g/mol. The molecule has 0 saturated carbocycles. The van der Waals surface area contributed by atoms with Crippen molar-refractivity contribution in [3.8, 4) is 11.5 Å². The molecular formula is C27H25ClN2O3S. The van der Waals surface area contributed by atoms with Crippen molar-refractivity contribution in [3.05, 3.63) is 93.6 Å². The number of aryl methyl sites for hydroxylation is 2. The van der Waals surface area contributed by atoms with Gasteiger partial charge >= 0.3 is 0 Å². The van der Waals surface area contributed by atoms with Gasteiger partial charge in [-0.2, -0.15) is 0 Å². The number of benzene rings is 3. The minimum atomic E-state index is -0.184. The first-order valence-electron chi connectivity index (χ1n) is 10.9. The van der Waals surface area contributed by atoms with Crippen molar-refractivity contribution < 1.29 is 14.3 Å². The number of carbonyl (C=O) groups is 1. The molecule has 0 bridgehead atoms. The third kappa shape index (κ3) is 4.93. The van der Waals surface area contributed by atoms with Gasteiger partial charge in [-0.05, 0) is 84.7 Å². The number of thiocarbonyl (C=S) groups is 1. The number of carbonyl (C=O) groups excluding carboxylic acids is 1. The van der Waals surface area contributed by atoms with E-state index in [1.165, 1.54) is 0 Å². The Labute approximate surface area is 209 Å². The number of nitrogens with one attached hydrogen (secondary N) is 1. The summed E-state index contributed by atoms with van der Waals surface area (Å²) in [5.41, 5.74) is 4.91.